The Bertz CT molecular complexity index is 477. The molecule has 3 nitrogen and oxygen atoms in total. The highest BCUT2D eigenvalue weighted by atomic mass is 16.3. The average molecular weight is 247 g/mol. The number of rotatable bonds is 5. The van der Waals surface area contributed by atoms with Gasteiger partial charge in [0.05, 0.1) is 12.1 Å². The topological polar surface area (TPSA) is 36.6 Å². The summed E-state index contributed by atoms with van der Waals surface area (Å²) < 4.78 is 5.79. The lowest BCUT2D eigenvalue weighted by Gasteiger charge is -2.27. The molecule has 2 rings (SSSR count). The maximum absolute atomic E-state index is 9.86. The first kappa shape index (κ1) is 13.1. The van der Waals surface area contributed by atoms with E-state index in [1.807, 2.05) is 32.0 Å². The van der Waals surface area contributed by atoms with Crippen LogP contribution in [-0.2, 0) is 6.54 Å². The lowest BCUT2D eigenvalue weighted by atomic mass is 10.1. The molecule has 2 aromatic rings. The van der Waals surface area contributed by atoms with Crippen LogP contribution in [0.2, 0.25) is 0 Å². The number of hydrogen-bond donors (Lipinski definition) is 1. The van der Waals surface area contributed by atoms with Gasteiger partial charge >= 0.3 is 0 Å². The van der Waals surface area contributed by atoms with E-state index in [9.17, 15) is 5.11 Å². The normalized spacial score (nSPS) is 12.5. The zero-order chi connectivity index (χ0) is 13.2. The zero-order valence-corrected chi connectivity index (χ0v) is 11.3. The van der Waals surface area contributed by atoms with Crippen LogP contribution in [0.15, 0.2) is 34.7 Å². The van der Waals surface area contributed by atoms with E-state index < -0.39 is 5.60 Å². The van der Waals surface area contributed by atoms with Crippen molar-refractivity contribution >= 4 is 11.0 Å². The molecule has 3 heteroatoms. The van der Waals surface area contributed by atoms with Crippen molar-refractivity contribution in [3.05, 3.63) is 36.1 Å². The molecule has 0 saturated carbocycles. The monoisotopic (exact) mass is 247 g/mol. The van der Waals surface area contributed by atoms with Gasteiger partial charge in [-0.05, 0) is 32.5 Å². The minimum atomic E-state index is -0.679. The van der Waals surface area contributed by atoms with Crippen LogP contribution in [0.5, 0.6) is 0 Å². The third kappa shape index (κ3) is 3.34. The SMILES string of the molecule is CCN(Cc1cc2ccccc2o1)CC(C)(C)O. The van der Waals surface area contributed by atoms with E-state index in [-0.39, 0.29) is 0 Å². The third-order valence-corrected chi connectivity index (χ3v) is 2.91. The number of furan rings is 1. The molecule has 0 saturated heterocycles. The second-order valence-corrected chi connectivity index (χ2v) is 5.37. The van der Waals surface area contributed by atoms with Gasteiger partial charge in [-0.15, -0.1) is 0 Å². The Balaban J connectivity index is 2.11. The molecule has 18 heavy (non-hydrogen) atoms. The summed E-state index contributed by atoms with van der Waals surface area (Å²) in [4.78, 5) is 2.18. The van der Waals surface area contributed by atoms with Crippen molar-refractivity contribution in [2.75, 3.05) is 13.1 Å². The largest absolute Gasteiger partial charge is 0.460 e. The number of benzene rings is 1. The van der Waals surface area contributed by atoms with Crippen molar-refractivity contribution in [2.24, 2.45) is 0 Å². The summed E-state index contributed by atoms with van der Waals surface area (Å²) in [6, 6.07) is 10.1. The third-order valence-electron chi connectivity index (χ3n) is 2.91. The highest BCUT2D eigenvalue weighted by Gasteiger charge is 2.18. The fourth-order valence-corrected chi connectivity index (χ4v) is 2.16. The highest BCUT2D eigenvalue weighted by Crippen LogP contribution is 2.20. The molecule has 0 aliphatic carbocycles. The summed E-state index contributed by atoms with van der Waals surface area (Å²) in [6.45, 7) is 8.01. The van der Waals surface area contributed by atoms with Gasteiger partial charge in [0, 0.05) is 11.9 Å². The number of fused-ring (bicyclic) bond motifs is 1. The van der Waals surface area contributed by atoms with E-state index in [0.29, 0.717) is 6.54 Å². The molecule has 0 unspecified atom stereocenters. The predicted molar refractivity (Wildman–Crippen MR) is 73.5 cm³/mol. The van der Waals surface area contributed by atoms with Gasteiger partial charge in [0.1, 0.15) is 11.3 Å². The molecule has 1 aromatic carbocycles. The summed E-state index contributed by atoms with van der Waals surface area (Å²) in [7, 11) is 0. The molecule has 0 aliphatic heterocycles. The van der Waals surface area contributed by atoms with Gasteiger partial charge in [0.15, 0.2) is 0 Å². The van der Waals surface area contributed by atoms with Crippen molar-refractivity contribution in [3.8, 4) is 0 Å². The van der Waals surface area contributed by atoms with E-state index in [4.69, 9.17) is 4.42 Å². The highest BCUT2D eigenvalue weighted by molar-refractivity contribution is 5.77. The lowest BCUT2D eigenvalue weighted by molar-refractivity contribution is 0.0335. The van der Waals surface area contributed by atoms with Gasteiger partial charge in [-0.25, -0.2) is 0 Å². The quantitative estimate of drug-likeness (QED) is 0.882. The van der Waals surface area contributed by atoms with Crippen LogP contribution in [0, 0.1) is 0 Å². The maximum atomic E-state index is 9.86. The molecule has 1 aromatic heterocycles. The van der Waals surface area contributed by atoms with Gasteiger partial charge in [-0.3, -0.25) is 4.90 Å². The molecule has 1 heterocycles. The fourth-order valence-electron chi connectivity index (χ4n) is 2.16. The summed E-state index contributed by atoms with van der Waals surface area (Å²) in [5.74, 6) is 0.947. The van der Waals surface area contributed by atoms with Crippen molar-refractivity contribution in [3.63, 3.8) is 0 Å². The first-order valence-electron chi connectivity index (χ1n) is 6.40. The van der Waals surface area contributed by atoms with Gasteiger partial charge in [0.2, 0.25) is 0 Å². The number of nitrogens with zero attached hydrogens (tertiary/aromatic N) is 1. The second kappa shape index (κ2) is 5.12. The van der Waals surface area contributed by atoms with Gasteiger partial charge < -0.3 is 9.52 Å². The average Bonchev–Trinajstić information content (AvgIpc) is 2.68. The molecule has 0 aliphatic rings. The summed E-state index contributed by atoms with van der Waals surface area (Å²) >= 11 is 0. The Morgan fingerprint density at radius 2 is 2.00 bits per heavy atom. The number of aliphatic hydroxyl groups is 1. The number of likely N-dealkylation sites (N-methyl/N-ethyl adjacent to an activating group) is 1. The molecule has 0 amide bonds. The molecule has 0 bridgehead atoms. The van der Waals surface area contributed by atoms with Crippen LogP contribution in [0.3, 0.4) is 0 Å². The molecule has 0 atom stereocenters. The van der Waals surface area contributed by atoms with E-state index >= 15 is 0 Å². The Hall–Kier alpha value is -1.32. The van der Waals surface area contributed by atoms with Gasteiger partial charge in [-0.2, -0.15) is 0 Å². The van der Waals surface area contributed by atoms with E-state index in [1.165, 1.54) is 0 Å². The molecular formula is C15H21NO2. The lowest BCUT2D eigenvalue weighted by Crippen LogP contribution is -2.38. The van der Waals surface area contributed by atoms with Crippen molar-refractivity contribution in [2.45, 2.75) is 32.9 Å². The first-order chi connectivity index (χ1) is 8.48. The Labute approximate surface area is 108 Å². The first-order valence-corrected chi connectivity index (χ1v) is 6.40. The second-order valence-electron chi connectivity index (χ2n) is 5.37. The molecule has 0 radical (unpaired) electrons. The molecule has 98 valence electrons. The Morgan fingerprint density at radius 1 is 1.28 bits per heavy atom. The van der Waals surface area contributed by atoms with Gasteiger partial charge in [0.25, 0.3) is 0 Å². The van der Waals surface area contributed by atoms with Crippen LogP contribution in [0.4, 0.5) is 0 Å². The molecular weight excluding hydrogens is 226 g/mol. The summed E-state index contributed by atoms with van der Waals surface area (Å²) in [5.41, 5.74) is 0.244. The van der Waals surface area contributed by atoms with Crippen LogP contribution in [-0.4, -0.2) is 28.7 Å². The number of para-hydroxylation sites is 1. The van der Waals surface area contributed by atoms with Crippen molar-refractivity contribution in [1.29, 1.82) is 0 Å². The van der Waals surface area contributed by atoms with Crippen LogP contribution >= 0.6 is 0 Å². The zero-order valence-electron chi connectivity index (χ0n) is 11.3. The summed E-state index contributed by atoms with van der Waals surface area (Å²) in [5, 5.41) is 11.0. The Morgan fingerprint density at radius 3 is 2.61 bits per heavy atom. The molecule has 0 fully saturated rings. The minimum absolute atomic E-state index is 0.639. The Kier molecular flexibility index (Phi) is 3.73. The predicted octanol–water partition coefficient (Wildman–Crippen LogP) is 3.03. The van der Waals surface area contributed by atoms with E-state index in [2.05, 4.69) is 24.0 Å². The number of hydrogen-bond acceptors (Lipinski definition) is 3. The summed E-state index contributed by atoms with van der Waals surface area (Å²) in [6.07, 6.45) is 0. The molecule has 0 spiro atoms. The molecule has 1 N–H and O–H groups in total. The smallest absolute Gasteiger partial charge is 0.134 e. The standard InChI is InChI=1S/C15H21NO2/c1-4-16(11-15(2,3)17)10-13-9-12-7-5-6-8-14(12)18-13/h5-9,17H,4,10-11H2,1-3H3. The minimum Gasteiger partial charge on any atom is -0.460 e. The van der Waals surface area contributed by atoms with Crippen molar-refractivity contribution < 1.29 is 9.52 Å². The van der Waals surface area contributed by atoms with Crippen LogP contribution in [0.25, 0.3) is 11.0 Å². The fraction of sp³-hybridized carbons (Fsp3) is 0.467. The van der Waals surface area contributed by atoms with Crippen LogP contribution in [0.1, 0.15) is 26.5 Å². The van der Waals surface area contributed by atoms with Gasteiger partial charge in [-0.1, -0.05) is 25.1 Å². The maximum Gasteiger partial charge on any atom is 0.134 e. The van der Waals surface area contributed by atoms with Crippen molar-refractivity contribution in [1.82, 2.24) is 4.90 Å². The van der Waals surface area contributed by atoms with E-state index in [0.717, 1.165) is 29.8 Å². The van der Waals surface area contributed by atoms with Crippen LogP contribution < -0.4 is 0 Å². The van der Waals surface area contributed by atoms with E-state index in [1.54, 1.807) is 0 Å².